The van der Waals surface area contributed by atoms with Crippen molar-refractivity contribution in [3.8, 4) is 0 Å². The molecular formula is C9H12N2O. The summed E-state index contributed by atoms with van der Waals surface area (Å²) >= 11 is 0. The Morgan fingerprint density at radius 3 is 3.00 bits per heavy atom. The van der Waals surface area contributed by atoms with E-state index in [-0.39, 0.29) is 5.78 Å². The smallest absolute Gasteiger partial charge is 0.131 e. The lowest BCUT2D eigenvalue weighted by atomic mass is 10.3. The molecule has 0 bridgehead atoms. The van der Waals surface area contributed by atoms with Gasteiger partial charge in [0.25, 0.3) is 0 Å². The van der Waals surface area contributed by atoms with Crippen LogP contribution in [0.2, 0.25) is 0 Å². The van der Waals surface area contributed by atoms with Gasteiger partial charge in [0.05, 0.1) is 0 Å². The zero-order valence-corrected chi connectivity index (χ0v) is 7.08. The van der Waals surface area contributed by atoms with Crippen LogP contribution < -0.4 is 5.32 Å². The Morgan fingerprint density at radius 1 is 1.58 bits per heavy atom. The Kier molecular flexibility index (Phi) is 3.26. The minimum atomic E-state index is 0.193. The summed E-state index contributed by atoms with van der Waals surface area (Å²) < 4.78 is 0. The largest absolute Gasteiger partial charge is 0.370 e. The highest BCUT2D eigenvalue weighted by molar-refractivity contribution is 5.75. The fourth-order valence-electron chi connectivity index (χ4n) is 0.834. The number of carbonyl (C=O) groups is 1. The summed E-state index contributed by atoms with van der Waals surface area (Å²) in [5.41, 5.74) is 0. The molecule has 3 nitrogen and oxygen atoms in total. The van der Waals surface area contributed by atoms with E-state index in [4.69, 9.17) is 0 Å². The monoisotopic (exact) mass is 164 g/mol. The highest BCUT2D eigenvalue weighted by Gasteiger charge is 1.93. The molecule has 0 fully saturated rings. The normalized spacial score (nSPS) is 9.42. The van der Waals surface area contributed by atoms with Crippen LogP contribution in [-0.2, 0) is 4.79 Å². The second kappa shape index (κ2) is 4.49. The maximum Gasteiger partial charge on any atom is 0.131 e. The van der Waals surface area contributed by atoms with Gasteiger partial charge in [-0.05, 0) is 19.1 Å². The van der Waals surface area contributed by atoms with Gasteiger partial charge in [-0.3, -0.25) is 4.79 Å². The minimum absolute atomic E-state index is 0.193. The Morgan fingerprint density at radius 2 is 2.42 bits per heavy atom. The predicted molar refractivity (Wildman–Crippen MR) is 48.0 cm³/mol. The summed E-state index contributed by atoms with van der Waals surface area (Å²) in [4.78, 5) is 14.6. The number of pyridine rings is 1. The highest BCUT2D eigenvalue weighted by atomic mass is 16.1. The van der Waals surface area contributed by atoms with Gasteiger partial charge >= 0.3 is 0 Å². The first-order chi connectivity index (χ1) is 5.79. The third-order valence-corrected chi connectivity index (χ3v) is 1.45. The topological polar surface area (TPSA) is 42.0 Å². The molecule has 1 aromatic heterocycles. The fraction of sp³-hybridized carbons (Fsp3) is 0.333. The number of Topliss-reactive ketones (excluding diaryl/α,β-unsaturated/α-hetero) is 1. The Labute approximate surface area is 71.8 Å². The molecule has 1 heterocycles. The number of ketones is 1. The van der Waals surface area contributed by atoms with Crippen LogP contribution in [0.25, 0.3) is 0 Å². The first kappa shape index (κ1) is 8.71. The van der Waals surface area contributed by atoms with Crippen LogP contribution in [0.1, 0.15) is 13.3 Å². The van der Waals surface area contributed by atoms with Crippen molar-refractivity contribution in [1.29, 1.82) is 0 Å². The van der Waals surface area contributed by atoms with Gasteiger partial charge in [0.1, 0.15) is 11.6 Å². The molecule has 0 aliphatic rings. The maximum atomic E-state index is 10.6. The van der Waals surface area contributed by atoms with Crippen molar-refractivity contribution in [1.82, 2.24) is 4.98 Å². The van der Waals surface area contributed by atoms with Crippen molar-refractivity contribution in [3.63, 3.8) is 0 Å². The van der Waals surface area contributed by atoms with Crippen molar-refractivity contribution in [2.75, 3.05) is 11.9 Å². The Bertz CT molecular complexity index is 246. The van der Waals surface area contributed by atoms with Gasteiger partial charge in [0.15, 0.2) is 0 Å². The summed E-state index contributed by atoms with van der Waals surface area (Å²) in [5, 5.41) is 3.04. The Hall–Kier alpha value is -1.38. The highest BCUT2D eigenvalue weighted by Crippen LogP contribution is 1.99. The number of anilines is 1. The van der Waals surface area contributed by atoms with Crippen molar-refractivity contribution in [2.24, 2.45) is 0 Å². The molecule has 3 heteroatoms. The summed E-state index contributed by atoms with van der Waals surface area (Å²) in [7, 11) is 0. The van der Waals surface area contributed by atoms with Crippen LogP contribution >= 0.6 is 0 Å². The van der Waals surface area contributed by atoms with E-state index in [2.05, 4.69) is 10.3 Å². The molecule has 0 spiro atoms. The molecule has 0 atom stereocenters. The quantitative estimate of drug-likeness (QED) is 0.732. The molecule has 12 heavy (non-hydrogen) atoms. The summed E-state index contributed by atoms with van der Waals surface area (Å²) in [6, 6.07) is 5.64. The molecule has 0 aromatic carbocycles. The average molecular weight is 164 g/mol. The van der Waals surface area contributed by atoms with E-state index in [1.165, 1.54) is 0 Å². The Balaban J connectivity index is 2.29. The lowest BCUT2D eigenvalue weighted by Gasteiger charge is -2.01. The van der Waals surface area contributed by atoms with Crippen LogP contribution in [-0.4, -0.2) is 17.3 Å². The lowest BCUT2D eigenvalue weighted by molar-refractivity contribution is -0.116. The van der Waals surface area contributed by atoms with Crippen molar-refractivity contribution in [3.05, 3.63) is 24.4 Å². The molecule has 64 valence electrons. The molecular weight excluding hydrogens is 152 g/mol. The number of hydrogen-bond donors (Lipinski definition) is 1. The molecule has 1 aromatic rings. The molecule has 0 amide bonds. The third kappa shape index (κ3) is 3.14. The van der Waals surface area contributed by atoms with E-state index in [1.54, 1.807) is 13.1 Å². The number of nitrogens with zero attached hydrogens (tertiary/aromatic N) is 1. The fourth-order valence-corrected chi connectivity index (χ4v) is 0.834. The van der Waals surface area contributed by atoms with Crippen molar-refractivity contribution >= 4 is 11.6 Å². The van der Waals surface area contributed by atoms with Crippen LogP contribution in [0.5, 0.6) is 0 Å². The van der Waals surface area contributed by atoms with E-state index < -0.39 is 0 Å². The zero-order chi connectivity index (χ0) is 8.81. The SMILES string of the molecule is CC(=O)CCNc1ccccn1. The van der Waals surface area contributed by atoms with Crippen LogP contribution in [0, 0.1) is 0 Å². The van der Waals surface area contributed by atoms with Gasteiger partial charge in [-0.1, -0.05) is 6.07 Å². The van der Waals surface area contributed by atoms with Gasteiger partial charge in [-0.25, -0.2) is 4.98 Å². The summed E-state index contributed by atoms with van der Waals surface area (Å²) in [5.74, 6) is 1.01. The third-order valence-electron chi connectivity index (χ3n) is 1.45. The van der Waals surface area contributed by atoms with Gasteiger partial charge in [0, 0.05) is 19.2 Å². The summed E-state index contributed by atoms with van der Waals surface area (Å²) in [6.07, 6.45) is 2.27. The number of aromatic nitrogens is 1. The first-order valence-corrected chi connectivity index (χ1v) is 3.93. The molecule has 1 N–H and O–H groups in total. The zero-order valence-electron chi connectivity index (χ0n) is 7.08. The van der Waals surface area contributed by atoms with Crippen LogP contribution in [0.3, 0.4) is 0 Å². The average Bonchev–Trinajstić information content (AvgIpc) is 2.05. The minimum Gasteiger partial charge on any atom is -0.370 e. The van der Waals surface area contributed by atoms with E-state index in [0.717, 1.165) is 5.82 Å². The lowest BCUT2D eigenvalue weighted by Crippen LogP contribution is -2.06. The second-order valence-corrected chi connectivity index (χ2v) is 2.59. The van der Waals surface area contributed by atoms with E-state index >= 15 is 0 Å². The molecule has 0 radical (unpaired) electrons. The number of carbonyl (C=O) groups excluding carboxylic acids is 1. The molecule has 0 aliphatic heterocycles. The van der Waals surface area contributed by atoms with E-state index in [9.17, 15) is 4.79 Å². The maximum absolute atomic E-state index is 10.6. The van der Waals surface area contributed by atoms with Gasteiger partial charge in [-0.2, -0.15) is 0 Å². The molecule has 1 rings (SSSR count). The second-order valence-electron chi connectivity index (χ2n) is 2.59. The van der Waals surface area contributed by atoms with Gasteiger partial charge in [0.2, 0.25) is 0 Å². The summed E-state index contributed by atoms with van der Waals surface area (Å²) in [6.45, 7) is 2.24. The molecule has 0 saturated carbocycles. The molecule has 0 saturated heterocycles. The number of rotatable bonds is 4. The molecule has 0 aliphatic carbocycles. The first-order valence-electron chi connectivity index (χ1n) is 3.93. The van der Waals surface area contributed by atoms with E-state index in [1.807, 2.05) is 18.2 Å². The predicted octanol–water partition coefficient (Wildman–Crippen LogP) is 1.47. The van der Waals surface area contributed by atoms with Gasteiger partial charge < -0.3 is 5.32 Å². The van der Waals surface area contributed by atoms with Crippen LogP contribution in [0.15, 0.2) is 24.4 Å². The standard InChI is InChI=1S/C9H12N2O/c1-8(12)5-7-11-9-4-2-3-6-10-9/h2-4,6H,5,7H2,1H3,(H,10,11). The van der Waals surface area contributed by atoms with E-state index in [0.29, 0.717) is 13.0 Å². The van der Waals surface area contributed by atoms with Crippen molar-refractivity contribution < 1.29 is 4.79 Å². The molecule has 0 unspecified atom stereocenters. The number of nitrogens with one attached hydrogen (secondary N) is 1. The van der Waals surface area contributed by atoms with Gasteiger partial charge in [-0.15, -0.1) is 0 Å². The van der Waals surface area contributed by atoms with Crippen molar-refractivity contribution in [2.45, 2.75) is 13.3 Å². The van der Waals surface area contributed by atoms with Crippen LogP contribution in [0.4, 0.5) is 5.82 Å². The number of hydrogen-bond acceptors (Lipinski definition) is 3.